The van der Waals surface area contributed by atoms with Crippen LogP contribution in [0.3, 0.4) is 0 Å². The molecule has 0 saturated carbocycles. The van der Waals surface area contributed by atoms with Crippen LogP contribution in [0.25, 0.3) is 101 Å². The van der Waals surface area contributed by atoms with Gasteiger partial charge in [-0.05, 0) is 57.6 Å². The van der Waals surface area contributed by atoms with E-state index in [0.717, 1.165) is 89.5 Å². The van der Waals surface area contributed by atoms with Gasteiger partial charge >= 0.3 is 0 Å². The van der Waals surface area contributed by atoms with Gasteiger partial charge in [0, 0.05) is 33.4 Å². The van der Waals surface area contributed by atoms with Crippen LogP contribution in [0.4, 0.5) is 0 Å². The first kappa shape index (κ1) is 36.3. The number of aromatic nitrogens is 4. The van der Waals surface area contributed by atoms with Gasteiger partial charge in [0.2, 0.25) is 0 Å². The fourth-order valence-corrected chi connectivity index (χ4v) is 7.56. The highest BCUT2D eigenvalue weighted by Gasteiger charge is 2.13. The lowest BCUT2D eigenvalue weighted by molar-refractivity contribution is 1.18. The molecule has 0 amide bonds. The molecule has 0 aliphatic carbocycles. The molecule has 0 atom stereocenters. The van der Waals surface area contributed by atoms with Gasteiger partial charge in [0.1, 0.15) is 0 Å². The zero-order valence-electron chi connectivity index (χ0n) is 32.7. The zero-order chi connectivity index (χ0) is 40.1. The number of nitrogens with zero attached hydrogens (tertiary/aromatic N) is 4. The standard InChI is InChI=1S/C56H38N4/c1-5-15-41(16-6-1)51-37-53(59-55(57-51)45-19-9-3-10-20-45)43-31-27-39(28-32-43)47-23-13-25-49(35-47)50-26-14-24-48(36-50)40-29-33-44(34-30-40)54-38-52(42-17-7-2-8-18-42)58-56(60-54)46-21-11-4-12-22-46/h1-38H. The minimum absolute atomic E-state index is 0.711. The molecule has 0 bridgehead atoms. The molecule has 4 heteroatoms. The van der Waals surface area contributed by atoms with Gasteiger partial charge in [-0.2, -0.15) is 0 Å². The minimum Gasteiger partial charge on any atom is -0.228 e. The van der Waals surface area contributed by atoms with E-state index >= 15 is 0 Å². The Morgan fingerprint density at radius 1 is 0.167 bits per heavy atom. The Bertz CT molecular complexity index is 2710. The summed E-state index contributed by atoms with van der Waals surface area (Å²) in [6.07, 6.45) is 0. The lowest BCUT2D eigenvalue weighted by Crippen LogP contribution is -1.95. The Kier molecular flexibility index (Phi) is 9.92. The highest BCUT2D eigenvalue weighted by molar-refractivity contribution is 5.80. The average Bonchev–Trinajstić information content (AvgIpc) is 3.35. The second kappa shape index (κ2) is 16.4. The highest BCUT2D eigenvalue weighted by Crippen LogP contribution is 2.34. The van der Waals surface area contributed by atoms with Crippen LogP contribution < -0.4 is 0 Å². The fourth-order valence-electron chi connectivity index (χ4n) is 7.56. The topological polar surface area (TPSA) is 51.6 Å². The summed E-state index contributed by atoms with van der Waals surface area (Å²) >= 11 is 0. The van der Waals surface area contributed by atoms with E-state index in [-0.39, 0.29) is 0 Å². The van der Waals surface area contributed by atoms with E-state index in [1.807, 2.05) is 72.8 Å². The van der Waals surface area contributed by atoms with Gasteiger partial charge < -0.3 is 0 Å². The van der Waals surface area contributed by atoms with Gasteiger partial charge in [-0.15, -0.1) is 0 Å². The van der Waals surface area contributed by atoms with Gasteiger partial charge in [-0.25, -0.2) is 19.9 Å². The van der Waals surface area contributed by atoms with Gasteiger partial charge in [-0.3, -0.25) is 0 Å². The van der Waals surface area contributed by atoms with Gasteiger partial charge in [0.15, 0.2) is 11.6 Å². The zero-order valence-corrected chi connectivity index (χ0v) is 32.7. The fraction of sp³-hybridized carbons (Fsp3) is 0. The number of benzene rings is 8. The Hall–Kier alpha value is -8.08. The van der Waals surface area contributed by atoms with E-state index in [1.54, 1.807) is 0 Å². The maximum absolute atomic E-state index is 5.02. The molecule has 2 aromatic heterocycles. The molecule has 282 valence electrons. The number of hydrogen-bond acceptors (Lipinski definition) is 4. The van der Waals surface area contributed by atoms with E-state index < -0.39 is 0 Å². The van der Waals surface area contributed by atoms with Crippen molar-refractivity contribution in [2.45, 2.75) is 0 Å². The molecule has 60 heavy (non-hydrogen) atoms. The summed E-state index contributed by atoms with van der Waals surface area (Å²) < 4.78 is 0. The Morgan fingerprint density at radius 3 is 0.717 bits per heavy atom. The van der Waals surface area contributed by atoms with Crippen LogP contribution in [-0.2, 0) is 0 Å². The van der Waals surface area contributed by atoms with Crippen molar-refractivity contribution in [3.63, 3.8) is 0 Å². The van der Waals surface area contributed by atoms with Gasteiger partial charge in [-0.1, -0.05) is 206 Å². The van der Waals surface area contributed by atoms with Crippen LogP contribution in [0.5, 0.6) is 0 Å². The smallest absolute Gasteiger partial charge is 0.160 e. The maximum Gasteiger partial charge on any atom is 0.160 e. The SMILES string of the molecule is c1ccc(-c2cc(-c3ccc(-c4cccc(-c5cccc(-c6ccc(-c7cc(-c8ccccc8)nc(-c8ccccc8)n7)cc6)c5)c4)cc3)nc(-c3ccccc3)n2)cc1. The molecular formula is C56H38N4. The molecule has 10 rings (SSSR count). The second-order valence-corrected chi connectivity index (χ2v) is 14.7. The summed E-state index contributed by atoms with van der Waals surface area (Å²) in [6.45, 7) is 0. The maximum atomic E-state index is 5.02. The van der Waals surface area contributed by atoms with E-state index in [4.69, 9.17) is 19.9 Å². The lowest BCUT2D eigenvalue weighted by atomic mass is 9.95. The van der Waals surface area contributed by atoms with E-state index in [0.29, 0.717) is 11.6 Å². The number of hydrogen-bond donors (Lipinski definition) is 0. The number of rotatable bonds is 9. The van der Waals surface area contributed by atoms with E-state index in [1.165, 1.54) is 0 Å². The first-order chi connectivity index (χ1) is 29.7. The molecule has 8 aromatic carbocycles. The Balaban J connectivity index is 0.918. The van der Waals surface area contributed by atoms with Crippen molar-refractivity contribution < 1.29 is 0 Å². The lowest BCUT2D eigenvalue weighted by Gasteiger charge is -2.11. The Labute approximate surface area is 350 Å². The summed E-state index contributed by atoms with van der Waals surface area (Å²) in [4.78, 5) is 20.0. The van der Waals surface area contributed by atoms with Crippen molar-refractivity contribution in [1.82, 2.24) is 19.9 Å². The van der Waals surface area contributed by atoms with Crippen molar-refractivity contribution in [3.05, 3.63) is 231 Å². The van der Waals surface area contributed by atoms with Crippen molar-refractivity contribution in [2.24, 2.45) is 0 Å². The van der Waals surface area contributed by atoms with Crippen LogP contribution in [0.15, 0.2) is 231 Å². The van der Waals surface area contributed by atoms with Crippen LogP contribution >= 0.6 is 0 Å². The second-order valence-electron chi connectivity index (χ2n) is 14.7. The van der Waals surface area contributed by atoms with Gasteiger partial charge in [0.25, 0.3) is 0 Å². The molecule has 0 aliphatic rings. The first-order valence-electron chi connectivity index (χ1n) is 20.1. The molecule has 4 nitrogen and oxygen atoms in total. The molecule has 10 aromatic rings. The van der Waals surface area contributed by atoms with Crippen molar-refractivity contribution >= 4 is 0 Å². The molecule has 2 heterocycles. The Morgan fingerprint density at radius 2 is 0.400 bits per heavy atom. The third-order valence-electron chi connectivity index (χ3n) is 10.7. The highest BCUT2D eigenvalue weighted by atomic mass is 14.9. The normalized spacial score (nSPS) is 11.0. The first-order valence-corrected chi connectivity index (χ1v) is 20.1. The summed E-state index contributed by atoms with van der Waals surface area (Å²) in [5.74, 6) is 1.42. The molecule has 0 unspecified atom stereocenters. The van der Waals surface area contributed by atoms with E-state index in [2.05, 4.69) is 158 Å². The molecule has 0 spiro atoms. The van der Waals surface area contributed by atoms with Crippen molar-refractivity contribution in [2.75, 3.05) is 0 Å². The minimum atomic E-state index is 0.711. The molecular weight excluding hydrogens is 729 g/mol. The summed E-state index contributed by atoms with van der Waals surface area (Å²) in [6, 6.07) is 80.0. The van der Waals surface area contributed by atoms with Crippen LogP contribution in [0.2, 0.25) is 0 Å². The quantitative estimate of drug-likeness (QED) is 0.147. The van der Waals surface area contributed by atoms with Gasteiger partial charge in [0.05, 0.1) is 22.8 Å². The predicted octanol–water partition coefficient (Wildman–Crippen LogP) is 14.3. The molecule has 0 N–H and O–H groups in total. The molecule has 0 fully saturated rings. The van der Waals surface area contributed by atoms with Crippen LogP contribution in [0, 0.1) is 0 Å². The van der Waals surface area contributed by atoms with Crippen molar-refractivity contribution in [3.8, 4) is 101 Å². The monoisotopic (exact) mass is 766 g/mol. The summed E-state index contributed by atoms with van der Waals surface area (Å²) in [7, 11) is 0. The third-order valence-corrected chi connectivity index (χ3v) is 10.7. The van der Waals surface area contributed by atoms with Crippen LogP contribution in [-0.4, -0.2) is 19.9 Å². The third kappa shape index (κ3) is 7.78. The summed E-state index contributed by atoms with van der Waals surface area (Å²) in [5.41, 5.74) is 16.7. The van der Waals surface area contributed by atoms with E-state index in [9.17, 15) is 0 Å². The average molecular weight is 767 g/mol. The predicted molar refractivity (Wildman–Crippen MR) is 247 cm³/mol. The molecule has 0 radical (unpaired) electrons. The molecule has 0 saturated heterocycles. The van der Waals surface area contributed by atoms with Crippen molar-refractivity contribution in [1.29, 1.82) is 0 Å². The van der Waals surface area contributed by atoms with Crippen LogP contribution in [0.1, 0.15) is 0 Å². The molecule has 0 aliphatic heterocycles. The summed E-state index contributed by atoms with van der Waals surface area (Å²) in [5, 5.41) is 0. The largest absolute Gasteiger partial charge is 0.228 e.